The topological polar surface area (TPSA) is 42.0 Å². The summed E-state index contributed by atoms with van der Waals surface area (Å²) < 4.78 is 0.329. The zero-order chi connectivity index (χ0) is 14.7. The molecule has 0 aliphatic heterocycles. The number of rotatable bonds is 3. The fraction of sp³-hybridized carbons (Fsp3) is 0.750. The highest BCUT2D eigenvalue weighted by Crippen LogP contribution is 2.65. The van der Waals surface area contributed by atoms with E-state index in [0.717, 1.165) is 21.8 Å². The van der Waals surface area contributed by atoms with E-state index in [1.807, 2.05) is 13.1 Å². The van der Waals surface area contributed by atoms with Crippen molar-refractivity contribution in [3.8, 4) is 0 Å². The van der Waals surface area contributed by atoms with Crippen LogP contribution in [0.2, 0.25) is 0 Å². The maximum atomic E-state index is 12.5. The number of thiazole rings is 1. The van der Waals surface area contributed by atoms with Gasteiger partial charge in [0.05, 0.1) is 0 Å². The molecule has 1 heterocycles. The number of aromatic nitrogens is 1. The normalized spacial score (nSPS) is 40.5. The van der Waals surface area contributed by atoms with Crippen molar-refractivity contribution in [1.82, 2.24) is 4.98 Å². The molecule has 4 saturated carbocycles. The highest BCUT2D eigenvalue weighted by Gasteiger charge is 2.57. The number of carbonyl (C=O) groups excluding carboxylic acids is 1. The van der Waals surface area contributed by atoms with Crippen molar-refractivity contribution in [1.29, 1.82) is 0 Å². The number of amides is 1. The third-order valence-electron chi connectivity index (χ3n) is 5.51. The molecule has 2 unspecified atom stereocenters. The molecule has 1 aromatic rings. The van der Waals surface area contributed by atoms with E-state index in [2.05, 4.69) is 26.2 Å². The van der Waals surface area contributed by atoms with E-state index in [1.165, 1.54) is 38.5 Å². The number of hydrogen-bond donors (Lipinski definition) is 1. The van der Waals surface area contributed by atoms with Crippen LogP contribution in [0.5, 0.6) is 0 Å². The number of alkyl halides is 1. The molecule has 5 rings (SSSR count). The fourth-order valence-corrected chi connectivity index (χ4v) is 7.65. The van der Waals surface area contributed by atoms with Gasteiger partial charge in [0.1, 0.15) is 0 Å². The maximum Gasteiger partial charge on any atom is 0.226 e. The average Bonchev–Trinajstić information content (AvgIpc) is 2.69. The zero-order valence-corrected chi connectivity index (χ0v) is 14.7. The molecule has 4 aliphatic carbocycles. The molecule has 4 atom stereocenters. The first-order valence-electron chi connectivity index (χ1n) is 7.85. The van der Waals surface area contributed by atoms with Crippen LogP contribution in [-0.2, 0) is 4.79 Å². The minimum absolute atomic E-state index is 0.155. The van der Waals surface area contributed by atoms with Crippen LogP contribution in [0.15, 0.2) is 6.20 Å². The summed E-state index contributed by atoms with van der Waals surface area (Å²) in [5.41, 5.74) is 0.240. The monoisotopic (exact) mass is 368 g/mol. The molecule has 0 spiro atoms. The first-order chi connectivity index (χ1) is 9.94. The van der Waals surface area contributed by atoms with Crippen molar-refractivity contribution in [2.24, 2.45) is 17.3 Å². The van der Waals surface area contributed by atoms with Crippen LogP contribution in [0.4, 0.5) is 5.13 Å². The third-order valence-corrected chi connectivity index (χ3v) is 7.27. The molecule has 3 nitrogen and oxygen atoms in total. The van der Waals surface area contributed by atoms with Gasteiger partial charge >= 0.3 is 0 Å². The summed E-state index contributed by atoms with van der Waals surface area (Å²) in [7, 11) is 0. The molecular formula is C16H21BrN2OS. The molecule has 0 aromatic carbocycles. The van der Waals surface area contributed by atoms with Gasteiger partial charge in [-0.1, -0.05) is 15.9 Å². The van der Waals surface area contributed by atoms with Crippen molar-refractivity contribution >= 4 is 38.3 Å². The number of anilines is 1. The van der Waals surface area contributed by atoms with Crippen LogP contribution < -0.4 is 5.32 Å². The van der Waals surface area contributed by atoms with Crippen molar-refractivity contribution < 1.29 is 4.79 Å². The average molecular weight is 369 g/mol. The number of aryl methyl sites for hydroxylation is 1. The standard InChI is InChI=1S/C16H21BrN2OS/c1-10-8-18-14(21-10)19-13(20)7-15-3-11-2-12(4-15)6-16(17,5-11)9-15/h8,11-12H,2-7,9H2,1H3,(H,18,19,20)/t11-,12+,15?,16?. The molecule has 5 heteroatoms. The summed E-state index contributed by atoms with van der Waals surface area (Å²) in [5.74, 6) is 1.82. The van der Waals surface area contributed by atoms with Gasteiger partial charge in [-0.3, -0.25) is 4.79 Å². The van der Waals surface area contributed by atoms with E-state index in [4.69, 9.17) is 0 Å². The molecule has 1 N–H and O–H groups in total. The van der Waals surface area contributed by atoms with Crippen molar-refractivity contribution in [3.63, 3.8) is 0 Å². The first kappa shape index (κ1) is 14.2. The largest absolute Gasteiger partial charge is 0.302 e. The Morgan fingerprint density at radius 2 is 2.14 bits per heavy atom. The van der Waals surface area contributed by atoms with Gasteiger partial charge < -0.3 is 5.32 Å². The van der Waals surface area contributed by atoms with Gasteiger partial charge in [0, 0.05) is 21.8 Å². The highest BCUT2D eigenvalue weighted by atomic mass is 79.9. The summed E-state index contributed by atoms with van der Waals surface area (Å²) in [5, 5.41) is 3.75. The quantitative estimate of drug-likeness (QED) is 0.797. The molecule has 0 radical (unpaired) electrons. The Labute approximate surface area is 138 Å². The molecule has 1 aromatic heterocycles. The highest BCUT2D eigenvalue weighted by molar-refractivity contribution is 9.10. The fourth-order valence-electron chi connectivity index (χ4n) is 5.46. The lowest BCUT2D eigenvalue weighted by Crippen LogP contribution is -2.53. The Morgan fingerprint density at radius 1 is 1.43 bits per heavy atom. The van der Waals surface area contributed by atoms with Gasteiger partial charge in [-0.15, -0.1) is 11.3 Å². The number of halogens is 1. The Bertz CT molecular complexity index is 571. The van der Waals surface area contributed by atoms with E-state index in [9.17, 15) is 4.79 Å². The molecule has 4 aliphatic rings. The Morgan fingerprint density at radius 3 is 2.71 bits per heavy atom. The van der Waals surface area contributed by atoms with Gasteiger partial charge in [0.25, 0.3) is 0 Å². The second-order valence-corrected chi connectivity index (χ2v) is 10.5. The van der Waals surface area contributed by atoms with Crippen LogP contribution in [0, 0.1) is 24.2 Å². The van der Waals surface area contributed by atoms with Gasteiger partial charge in [-0.25, -0.2) is 4.98 Å². The predicted octanol–water partition coefficient (Wildman–Crippen LogP) is 4.51. The van der Waals surface area contributed by atoms with Gasteiger partial charge in [-0.2, -0.15) is 0 Å². The van der Waals surface area contributed by atoms with Crippen molar-refractivity contribution in [2.45, 2.75) is 56.2 Å². The van der Waals surface area contributed by atoms with Gasteiger partial charge in [0.15, 0.2) is 5.13 Å². The first-order valence-corrected chi connectivity index (χ1v) is 9.46. The van der Waals surface area contributed by atoms with Crippen molar-refractivity contribution in [3.05, 3.63) is 11.1 Å². The smallest absolute Gasteiger partial charge is 0.226 e. The lowest BCUT2D eigenvalue weighted by molar-refractivity contribution is -0.123. The van der Waals surface area contributed by atoms with Gasteiger partial charge in [0.2, 0.25) is 5.91 Å². The molecule has 0 saturated heterocycles. The molecule has 114 valence electrons. The lowest BCUT2D eigenvalue weighted by Gasteiger charge is -2.60. The van der Waals surface area contributed by atoms with Crippen LogP contribution in [-0.4, -0.2) is 15.2 Å². The van der Waals surface area contributed by atoms with E-state index in [-0.39, 0.29) is 11.3 Å². The number of carbonyl (C=O) groups is 1. The van der Waals surface area contributed by atoms with Gasteiger partial charge in [-0.05, 0) is 62.7 Å². The summed E-state index contributed by atoms with van der Waals surface area (Å²) in [6.07, 6.45) is 10.2. The van der Waals surface area contributed by atoms with E-state index in [0.29, 0.717) is 10.7 Å². The summed E-state index contributed by atoms with van der Waals surface area (Å²) >= 11 is 5.57. The number of hydrogen-bond acceptors (Lipinski definition) is 3. The number of nitrogens with one attached hydrogen (secondary N) is 1. The Hall–Kier alpha value is -0.420. The summed E-state index contributed by atoms with van der Waals surface area (Å²) in [6.45, 7) is 2.01. The minimum Gasteiger partial charge on any atom is -0.302 e. The second-order valence-electron chi connectivity index (χ2n) is 7.61. The molecular weight excluding hydrogens is 348 g/mol. The molecule has 4 fully saturated rings. The van der Waals surface area contributed by atoms with E-state index >= 15 is 0 Å². The van der Waals surface area contributed by atoms with E-state index < -0.39 is 0 Å². The summed E-state index contributed by atoms with van der Waals surface area (Å²) in [6, 6.07) is 0. The number of nitrogens with zero attached hydrogens (tertiary/aromatic N) is 1. The summed E-state index contributed by atoms with van der Waals surface area (Å²) in [4.78, 5) is 17.8. The second kappa shape index (κ2) is 4.79. The Kier molecular flexibility index (Phi) is 3.23. The van der Waals surface area contributed by atoms with Crippen LogP contribution in [0.25, 0.3) is 0 Å². The van der Waals surface area contributed by atoms with Crippen LogP contribution >= 0.6 is 27.3 Å². The SMILES string of the molecule is Cc1cnc(NC(=O)CC23C[C@@H]4C[C@@H](CC(Br)(C4)C2)C3)s1. The van der Waals surface area contributed by atoms with Crippen LogP contribution in [0.1, 0.15) is 49.8 Å². The lowest BCUT2D eigenvalue weighted by atomic mass is 9.48. The maximum absolute atomic E-state index is 12.5. The zero-order valence-electron chi connectivity index (χ0n) is 12.3. The predicted molar refractivity (Wildman–Crippen MR) is 88.9 cm³/mol. The molecule has 4 bridgehead atoms. The third kappa shape index (κ3) is 2.67. The van der Waals surface area contributed by atoms with E-state index in [1.54, 1.807) is 11.3 Å². The molecule has 1 amide bonds. The van der Waals surface area contributed by atoms with Crippen LogP contribution in [0.3, 0.4) is 0 Å². The Balaban J connectivity index is 1.47. The molecule has 21 heavy (non-hydrogen) atoms. The van der Waals surface area contributed by atoms with Crippen molar-refractivity contribution in [2.75, 3.05) is 5.32 Å². The minimum atomic E-state index is 0.155.